The lowest BCUT2D eigenvalue weighted by Crippen LogP contribution is -2.41. The highest BCUT2D eigenvalue weighted by molar-refractivity contribution is 7.09. The number of carbonyl (C=O) groups excluding carboxylic acids is 1. The highest BCUT2D eigenvalue weighted by Gasteiger charge is 2.24. The molecule has 1 saturated heterocycles. The topological polar surface area (TPSA) is 51.7 Å². The van der Waals surface area contributed by atoms with Gasteiger partial charge in [0.2, 0.25) is 5.91 Å². The number of amides is 1. The summed E-state index contributed by atoms with van der Waals surface area (Å²) < 4.78 is 11.7. The molecule has 1 atom stereocenters. The Labute approximate surface area is 190 Å². The molecular weight excluding hydrogens is 432 g/mol. The minimum Gasteiger partial charge on any atom is -0.487 e. The SMILES string of the molecule is Cc1nc(COc2cccc(C=CC(=O)N3CCOC(c4ccc(Cl)cc4)C3)c2)cs1. The molecule has 0 bridgehead atoms. The maximum Gasteiger partial charge on any atom is 0.246 e. The molecule has 1 aliphatic rings. The molecule has 1 fully saturated rings. The molecule has 0 aliphatic carbocycles. The Morgan fingerprint density at radius 2 is 2.16 bits per heavy atom. The highest BCUT2D eigenvalue weighted by Crippen LogP contribution is 2.24. The average Bonchev–Trinajstić information content (AvgIpc) is 3.22. The predicted octanol–water partition coefficient (Wildman–Crippen LogP) is 5.30. The minimum absolute atomic E-state index is 0.0356. The number of aromatic nitrogens is 1. The largest absolute Gasteiger partial charge is 0.487 e. The normalized spacial score (nSPS) is 16.6. The summed E-state index contributed by atoms with van der Waals surface area (Å²) >= 11 is 7.57. The fourth-order valence-corrected chi connectivity index (χ4v) is 4.06. The molecule has 1 unspecified atom stereocenters. The first-order valence-electron chi connectivity index (χ1n) is 10.0. The van der Waals surface area contributed by atoms with Crippen LogP contribution >= 0.6 is 22.9 Å². The molecule has 4 rings (SSSR count). The quantitative estimate of drug-likeness (QED) is 0.474. The smallest absolute Gasteiger partial charge is 0.246 e. The predicted molar refractivity (Wildman–Crippen MR) is 123 cm³/mol. The van der Waals surface area contributed by atoms with Crippen molar-refractivity contribution < 1.29 is 14.3 Å². The minimum atomic E-state index is -0.144. The summed E-state index contributed by atoms with van der Waals surface area (Å²) in [5.41, 5.74) is 2.84. The van der Waals surface area contributed by atoms with Gasteiger partial charge in [0, 0.05) is 23.0 Å². The van der Waals surface area contributed by atoms with E-state index in [1.807, 2.05) is 71.8 Å². The molecule has 0 spiro atoms. The molecule has 7 heteroatoms. The lowest BCUT2D eigenvalue weighted by Gasteiger charge is -2.32. The second kappa shape index (κ2) is 10.1. The van der Waals surface area contributed by atoms with Crippen molar-refractivity contribution in [3.63, 3.8) is 0 Å². The summed E-state index contributed by atoms with van der Waals surface area (Å²) in [5, 5.41) is 3.70. The van der Waals surface area contributed by atoms with E-state index in [0.717, 1.165) is 27.6 Å². The second-order valence-electron chi connectivity index (χ2n) is 7.25. The van der Waals surface area contributed by atoms with E-state index in [-0.39, 0.29) is 12.0 Å². The number of aryl methyl sites for hydroxylation is 1. The Morgan fingerprint density at radius 1 is 1.32 bits per heavy atom. The maximum atomic E-state index is 12.7. The van der Waals surface area contributed by atoms with Gasteiger partial charge in [-0.15, -0.1) is 11.3 Å². The van der Waals surface area contributed by atoms with Crippen LogP contribution in [0.25, 0.3) is 6.08 Å². The summed E-state index contributed by atoms with van der Waals surface area (Å²) in [7, 11) is 0. The number of halogens is 1. The molecule has 1 aliphatic heterocycles. The van der Waals surface area contributed by atoms with E-state index < -0.39 is 0 Å². The maximum absolute atomic E-state index is 12.7. The van der Waals surface area contributed by atoms with Crippen LogP contribution in [0.1, 0.15) is 27.9 Å². The Bertz CT molecular complexity index is 1060. The molecule has 3 aromatic rings. The third-order valence-electron chi connectivity index (χ3n) is 4.95. The van der Waals surface area contributed by atoms with Crippen molar-refractivity contribution in [2.75, 3.05) is 19.7 Å². The summed E-state index contributed by atoms with van der Waals surface area (Å²) in [5.74, 6) is 0.709. The first-order valence-corrected chi connectivity index (χ1v) is 11.3. The van der Waals surface area contributed by atoms with Gasteiger partial charge >= 0.3 is 0 Å². The zero-order chi connectivity index (χ0) is 21.6. The zero-order valence-corrected chi connectivity index (χ0v) is 18.7. The Balaban J connectivity index is 1.35. The van der Waals surface area contributed by atoms with E-state index in [4.69, 9.17) is 21.1 Å². The Morgan fingerprint density at radius 3 is 2.94 bits per heavy atom. The van der Waals surface area contributed by atoms with E-state index >= 15 is 0 Å². The Kier molecular flexibility index (Phi) is 7.02. The van der Waals surface area contributed by atoms with E-state index in [1.54, 1.807) is 17.4 Å². The summed E-state index contributed by atoms with van der Waals surface area (Å²) in [6.07, 6.45) is 3.27. The van der Waals surface area contributed by atoms with E-state index in [9.17, 15) is 4.79 Å². The number of hydrogen-bond acceptors (Lipinski definition) is 5. The molecular formula is C24H23ClN2O3S. The van der Waals surface area contributed by atoms with E-state index in [1.165, 1.54) is 0 Å². The third kappa shape index (κ3) is 5.94. The second-order valence-corrected chi connectivity index (χ2v) is 8.75. The van der Waals surface area contributed by atoms with Crippen LogP contribution in [-0.2, 0) is 16.1 Å². The van der Waals surface area contributed by atoms with Crippen molar-refractivity contribution in [1.29, 1.82) is 0 Å². The monoisotopic (exact) mass is 454 g/mol. The summed E-state index contributed by atoms with van der Waals surface area (Å²) in [6, 6.07) is 15.2. The van der Waals surface area contributed by atoms with Gasteiger partial charge in [-0.1, -0.05) is 35.9 Å². The standard InChI is InChI=1S/C24H23ClN2O3S/c1-17-26-21(16-31-17)15-30-22-4-2-3-18(13-22)5-10-24(28)27-11-12-29-23(14-27)19-6-8-20(25)9-7-19/h2-10,13,16,23H,11-12,14-15H2,1H3. The first-order chi connectivity index (χ1) is 15.1. The van der Waals surface area contributed by atoms with Gasteiger partial charge in [-0.05, 0) is 48.4 Å². The molecule has 2 heterocycles. The summed E-state index contributed by atoms with van der Waals surface area (Å²) in [4.78, 5) is 18.9. The number of hydrogen-bond donors (Lipinski definition) is 0. The number of carbonyl (C=O) groups is 1. The summed E-state index contributed by atoms with van der Waals surface area (Å²) in [6.45, 7) is 4.00. The van der Waals surface area contributed by atoms with Gasteiger partial charge in [0.25, 0.3) is 0 Å². The highest BCUT2D eigenvalue weighted by atomic mass is 35.5. The van der Waals surface area contributed by atoms with Crippen LogP contribution in [0.4, 0.5) is 0 Å². The van der Waals surface area contributed by atoms with Crippen molar-refractivity contribution >= 4 is 34.9 Å². The molecule has 1 aromatic heterocycles. The van der Waals surface area contributed by atoms with Crippen LogP contribution in [0.5, 0.6) is 5.75 Å². The van der Waals surface area contributed by atoms with Crippen molar-refractivity contribution in [3.8, 4) is 5.75 Å². The fourth-order valence-electron chi connectivity index (χ4n) is 3.34. The zero-order valence-electron chi connectivity index (χ0n) is 17.2. The number of nitrogens with zero attached hydrogens (tertiary/aromatic N) is 2. The molecule has 1 amide bonds. The van der Waals surface area contributed by atoms with E-state index in [2.05, 4.69) is 4.98 Å². The van der Waals surface area contributed by atoms with Crippen molar-refractivity contribution in [2.24, 2.45) is 0 Å². The number of rotatable bonds is 6. The number of benzene rings is 2. The molecule has 160 valence electrons. The molecule has 31 heavy (non-hydrogen) atoms. The van der Waals surface area contributed by atoms with Crippen LogP contribution in [-0.4, -0.2) is 35.5 Å². The Hall–Kier alpha value is -2.67. The number of morpholine rings is 1. The van der Waals surface area contributed by atoms with Crippen molar-refractivity contribution in [1.82, 2.24) is 9.88 Å². The first kappa shape index (κ1) is 21.6. The lowest BCUT2D eigenvalue weighted by atomic mass is 10.1. The fraction of sp³-hybridized carbons (Fsp3) is 0.250. The average molecular weight is 455 g/mol. The van der Waals surface area contributed by atoms with Gasteiger partial charge in [-0.25, -0.2) is 4.98 Å². The van der Waals surface area contributed by atoms with Gasteiger partial charge in [0.1, 0.15) is 18.5 Å². The molecule has 0 N–H and O–H groups in total. The van der Waals surface area contributed by atoms with Crippen molar-refractivity contribution in [3.05, 3.63) is 86.8 Å². The van der Waals surface area contributed by atoms with Gasteiger partial charge < -0.3 is 14.4 Å². The van der Waals surface area contributed by atoms with Gasteiger partial charge in [0.05, 0.1) is 23.9 Å². The van der Waals surface area contributed by atoms with Crippen molar-refractivity contribution in [2.45, 2.75) is 19.6 Å². The van der Waals surface area contributed by atoms with Crippen LogP contribution < -0.4 is 4.74 Å². The van der Waals surface area contributed by atoms with Crippen LogP contribution in [0.3, 0.4) is 0 Å². The number of thiazole rings is 1. The molecule has 0 radical (unpaired) electrons. The van der Waals surface area contributed by atoms with Crippen LogP contribution in [0.2, 0.25) is 5.02 Å². The molecule has 5 nitrogen and oxygen atoms in total. The van der Waals surface area contributed by atoms with Gasteiger partial charge in [-0.3, -0.25) is 4.79 Å². The van der Waals surface area contributed by atoms with Gasteiger partial charge in [0.15, 0.2) is 0 Å². The van der Waals surface area contributed by atoms with E-state index in [0.29, 0.717) is 31.3 Å². The molecule has 2 aromatic carbocycles. The van der Waals surface area contributed by atoms with Crippen LogP contribution in [0.15, 0.2) is 60.0 Å². The lowest BCUT2D eigenvalue weighted by molar-refractivity contribution is -0.133. The molecule has 0 saturated carbocycles. The van der Waals surface area contributed by atoms with Crippen LogP contribution in [0, 0.1) is 6.92 Å². The number of ether oxygens (including phenoxy) is 2. The van der Waals surface area contributed by atoms with Gasteiger partial charge in [-0.2, -0.15) is 0 Å². The third-order valence-corrected chi connectivity index (χ3v) is 6.02.